The van der Waals surface area contributed by atoms with Gasteiger partial charge in [0.2, 0.25) is 5.76 Å². The van der Waals surface area contributed by atoms with Crippen molar-refractivity contribution in [1.29, 1.82) is 0 Å². The normalized spacial score (nSPS) is 20.1. The van der Waals surface area contributed by atoms with Crippen molar-refractivity contribution >= 4 is 5.91 Å². The molecule has 0 spiro atoms. The Morgan fingerprint density at radius 2 is 2.10 bits per heavy atom. The zero-order valence-corrected chi connectivity index (χ0v) is 11.4. The van der Waals surface area contributed by atoms with Crippen LogP contribution in [-0.4, -0.2) is 47.4 Å². The van der Waals surface area contributed by atoms with Gasteiger partial charge in [-0.05, 0) is 12.6 Å². The molecule has 5 heteroatoms. The molecule has 0 saturated carbocycles. The Labute approximate surface area is 117 Å². The Morgan fingerprint density at radius 1 is 1.30 bits per heavy atom. The maximum Gasteiger partial charge on any atom is 0.291 e. The fourth-order valence-corrected chi connectivity index (χ4v) is 2.57. The molecule has 1 aromatic carbocycles. The highest BCUT2D eigenvalue weighted by atomic mass is 16.3. The number of piperazine rings is 1. The Bertz CT molecular complexity index is 568. The molecule has 1 saturated heterocycles. The van der Waals surface area contributed by atoms with E-state index in [9.17, 15) is 4.79 Å². The fraction of sp³-hybridized carbons (Fsp3) is 0.333. The average molecular weight is 271 g/mol. The minimum atomic E-state index is -0.0865. The number of rotatable bonds is 2. The van der Waals surface area contributed by atoms with E-state index in [4.69, 9.17) is 4.42 Å². The van der Waals surface area contributed by atoms with E-state index in [1.807, 2.05) is 23.1 Å². The van der Waals surface area contributed by atoms with Gasteiger partial charge in [-0.1, -0.05) is 30.3 Å². The molecule has 1 aromatic heterocycles. The predicted molar refractivity (Wildman–Crippen MR) is 74.2 cm³/mol. The van der Waals surface area contributed by atoms with Gasteiger partial charge in [0.05, 0.1) is 12.2 Å². The van der Waals surface area contributed by atoms with Crippen LogP contribution in [0.3, 0.4) is 0 Å². The molecule has 104 valence electrons. The summed E-state index contributed by atoms with van der Waals surface area (Å²) < 4.78 is 5.10. The first-order valence-electron chi connectivity index (χ1n) is 6.68. The van der Waals surface area contributed by atoms with Crippen molar-refractivity contribution in [2.75, 3.05) is 26.7 Å². The highest BCUT2D eigenvalue weighted by Crippen LogP contribution is 2.24. The third-order valence-electron chi connectivity index (χ3n) is 3.76. The van der Waals surface area contributed by atoms with Gasteiger partial charge in [-0.25, -0.2) is 4.98 Å². The molecular weight excluding hydrogens is 254 g/mol. The summed E-state index contributed by atoms with van der Waals surface area (Å²) in [5, 5.41) is 0. The first-order valence-corrected chi connectivity index (χ1v) is 6.68. The lowest BCUT2D eigenvalue weighted by Crippen LogP contribution is -2.48. The molecule has 1 amide bonds. The molecule has 0 bridgehead atoms. The monoisotopic (exact) mass is 271 g/mol. The van der Waals surface area contributed by atoms with E-state index in [1.165, 1.54) is 18.2 Å². The smallest absolute Gasteiger partial charge is 0.291 e. The van der Waals surface area contributed by atoms with E-state index in [0.29, 0.717) is 18.8 Å². The Kier molecular flexibility index (Phi) is 3.52. The Morgan fingerprint density at radius 3 is 2.80 bits per heavy atom. The molecule has 2 aromatic rings. The number of hydrogen-bond donors (Lipinski definition) is 0. The Hall–Kier alpha value is -2.14. The topological polar surface area (TPSA) is 49.6 Å². The van der Waals surface area contributed by atoms with Crippen molar-refractivity contribution in [3.05, 3.63) is 54.2 Å². The second-order valence-electron chi connectivity index (χ2n) is 5.02. The van der Waals surface area contributed by atoms with E-state index in [1.54, 1.807) is 0 Å². The van der Waals surface area contributed by atoms with Crippen LogP contribution in [0.2, 0.25) is 0 Å². The zero-order valence-electron chi connectivity index (χ0n) is 11.4. The van der Waals surface area contributed by atoms with Crippen LogP contribution < -0.4 is 0 Å². The molecule has 1 fully saturated rings. The van der Waals surface area contributed by atoms with E-state index >= 15 is 0 Å². The van der Waals surface area contributed by atoms with Crippen molar-refractivity contribution in [2.45, 2.75) is 6.04 Å². The van der Waals surface area contributed by atoms with Crippen molar-refractivity contribution in [3.8, 4) is 0 Å². The third-order valence-corrected chi connectivity index (χ3v) is 3.76. The molecule has 1 unspecified atom stereocenters. The van der Waals surface area contributed by atoms with Crippen molar-refractivity contribution in [2.24, 2.45) is 0 Å². The van der Waals surface area contributed by atoms with Crippen LogP contribution in [0.25, 0.3) is 0 Å². The molecule has 0 N–H and O–H groups in total. The summed E-state index contributed by atoms with van der Waals surface area (Å²) in [5.41, 5.74) is 1.23. The van der Waals surface area contributed by atoms with Crippen LogP contribution in [0.15, 0.2) is 47.3 Å². The van der Waals surface area contributed by atoms with E-state index in [-0.39, 0.29) is 11.9 Å². The number of likely N-dealkylation sites (N-methyl/N-ethyl adjacent to an activating group) is 1. The largest absolute Gasteiger partial charge is 0.438 e. The summed E-state index contributed by atoms with van der Waals surface area (Å²) in [4.78, 5) is 20.2. The lowest BCUT2D eigenvalue weighted by molar-refractivity contribution is 0.0517. The highest BCUT2D eigenvalue weighted by molar-refractivity contribution is 5.91. The van der Waals surface area contributed by atoms with Gasteiger partial charge in [0, 0.05) is 19.6 Å². The number of carbonyl (C=O) groups excluding carboxylic acids is 1. The Balaban J connectivity index is 1.78. The highest BCUT2D eigenvalue weighted by Gasteiger charge is 2.29. The lowest BCUT2D eigenvalue weighted by atomic mass is 10.0. The molecular formula is C15H17N3O2. The van der Waals surface area contributed by atoms with Gasteiger partial charge in [0.1, 0.15) is 0 Å². The number of nitrogens with zero attached hydrogens (tertiary/aromatic N) is 3. The maximum atomic E-state index is 12.3. The fourth-order valence-electron chi connectivity index (χ4n) is 2.57. The second-order valence-corrected chi connectivity index (χ2v) is 5.02. The van der Waals surface area contributed by atoms with Crippen molar-refractivity contribution in [3.63, 3.8) is 0 Å². The SMILES string of the molecule is CN1CCN(C(=O)c2cnco2)CC1c1ccccc1. The van der Waals surface area contributed by atoms with Crippen LogP contribution >= 0.6 is 0 Å². The molecule has 1 aliphatic rings. The standard InChI is InChI=1S/C15H17N3O2/c1-17-7-8-18(15(19)14-9-16-11-20-14)10-13(17)12-5-3-2-4-6-12/h2-6,9,11,13H,7-8,10H2,1H3. The van der Waals surface area contributed by atoms with Gasteiger partial charge < -0.3 is 9.32 Å². The van der Waals surface area contributed by atoms with Gasteiger partial charge in [0.25, 0.3) is 5.91 Å². The molecule has 20 heavy (non-hydrogen) atoms. The van der Waals surface area contributed by atoms with Crippen LogP contribution in [0.1, 0.15) is 22.2 Å². The number of oxazole rings is 1. The summed E-state index contributed by atoms with van der Waals surface area (Å²) in [6.45, 7) is 2.22. The summed E-state index contributed by atoms with van der Waals surface area (Å²) in [6.07, 6.45) is 2.76. The maximum absolute atomic E-state index is 12.3. The second kappa shape index (κ2) is 5.46. The van der Waals surface area contributed by atoms with Crippen molar-refractivity contribution in [1.82, 2.24) is 14.8 Å². The van der Waals surface area contributed by atoms with Gasteiger partial charge in [-0.3, -0.25) is 9.69 Å². The molecule has 5 nitrogen and oxygen atoms in total. The first kappa shape index (κ1) is 12.9. The van der Waals surface area contributed by atoms with E-state index < -0.39 is 0 Å². The van der Waals surface area contributed by atoms with Gasteiger partial charge in [-0.15, -0.1) is 0 Å². The van der Waals surface area contributed by atoms with Gasteiger partial charge in [-0.2, -0.15) is 0 Å². The number of hydrogen-bond acceptors (Lipinski definition) is 4. The third kappa shape index (κ3) is 2.44. The van der Waals surface area contributed by atoms with Crippen LogP contribution in [-0.2, 0) is 0 Å². The van der Waals surface area contributed by atoms with Crippen molar-refractivity contribution < 1.29 is 9.21 Å². The van der Waals surface area contributed by atoms with E-state index in [2.05, 4.69) is 29.1 Å². The van der Waals surface area contributed by atoms with Gasteiger partial charge >= 0.3 is 0 Å². The average Bonchev–Trinajstić information content (AvgIpc) is 3.02. The molecule has 3 rings (SSSR count). The molecule has 0 radical (unpaired) electrons. The number of amides is 1. The molecule has 1 atom stereocenters. The zero-order chi connectivity index (χ0) is 13.9. The summed E-state index contributed by atoms with van der Waals surface area (Å²) in [5.74, 6) is 0.220. The van der Waals surface area contributed by atoms with Crippen LogP contribution in [0.4, 0.5) is 0 Å². The molecule has 0 aliphatic carbocycles. The molecule has 1 aliphatic heterocycles. The van der Waals surface area contributed by atoms with Gasteiger partial charge in [0.15, 0.2) is 6.39 Å². The lowest BCUT2D eigenvalue weighted by Gasteiger charge is -2.39. The summed E-state index contributed by atoms with van der Waals surface area (Å²) >= 11 is 0. The number of aromatic nitrogens is 1. The van der Waals surface area contributed by atoms with Crippen LogP contribution in [0, 0.1) is 0 Å². The quantitative estimate of drug-likeness (QED) is 0.835. The minimum Gasteiger partial charge on any atom is -0.438 e. The number of carbonyl (C=O) groups is 1. The van der Waals surface area contributed by atoms with Crippen LogP contribution in [0.5, 0.6) is 0 Å². The minimum absolute atomic E-state index is 0.0865. The molecule has 2 heterocycles. The first-order chi connectivity index (χ1) is 9.75. The summed E-state index contributed by atoms with van der Waals surface area (Å²) in [7, 11) is 2.09. The number of benzene rings is 1. The summed E-state index contributed by atoms with van der Waals surface area (Å²) in [6, 6.07) is 10.5. The predicted octanol–water partition coefficient (Wildman–Crippen LogP) is 1.80. The van der Waals surface area contributed by atoms with E-state index in [0.717, 1.165) is 6.54 Å².